The van der Waals surface area contributed by atoms with Crippen molar-refractivity contribution in [3.8, 4) is 17.2 Å². The molecular weight excluding hydrogens is 345 g/mol. The van der Waals surface area contributed by atoms with Gasteiger partial charge in [0.15, 0.2) is 0 Å². The third-order valence-corrected chi connectivity index (χ3v) is 3.37. The minimum atomic E-state index is -0.594. The van der Waals surface area contributed by atoms with Gasteiger partial charge in [-0.15, -0.1) is 0 Å². The molecule has 0 bridgehead atoms. The number of nitro groups is 1. The molecule has 0 aliphatic rings. The first-order chi connectivity index (χ1) is 10.9. The van der Waals surface area contributed by atoms with E-state index in [1.54, 1.807) is 19.1 Å². The predicted octanol–water partition coefficient (Wildman–Crippen LogP) is 4.45. The van der Waals surface area contributed by atoms with Crippen LogP contribution in [0, 0.1) is 10.1 Å². The SMILES string of the molecule is CC(CO)Oc1cc(Oc2ccc(Cl)cc2Cl)ccc1[N+](=O)[O-]. The van der Waals surface area contributed by atoms with Gasteiger partial charge in [-0.3, -0.25) is 10.1 Å². The van der Waals surface area contributed by atoms with Crippen LogP contribution in [0.2, 0.25) is 10.0 Å². The maximum Gasteiger partial charge on any atom is 0.311 e. The molecule has 1 unspecified atom stereocenters. The Bertz CT molecular complexity index is 723. The molecule has 0 radical (unpaired) electrons. The van der Waals surface area contributed by atoms with E-state index in [1.165, 1.54) is 24.3 Å². The smallest absolute Gasteiger partial charge is 0.311 e. The van der Waals surface area contributed by atoms with Crippen molar-refractivity contribution >= 4 is 28.9 Å². The van der Waals surface area contributed by atoms with Crippen LogP contribution in [0.5, 0.6) is 17.2 Å². The van der Waals surface area contributed by atoms with Crippen LogP contribution in [0.4, 0.5) is 5.69 Å². The largest absolute Gasteiger partial charge is 0.481 e. The number of benzene rings is 2. The van der Waals surface area contributed by atoms with Crippen LogP contribution in [-0.4, -0.2) is 22.7 Å². The molecule has 0 aromatic heterocycles. The minimum absolute atomic E-state index is 0.000800. The second-order valence-corrected chi connectivity index (χ2v) is 5.52. The highest BCUT2D eigenvalue weighted by Gasteiger charge is 2.19. The van der Waals surface area contributed by atoms with Gasteiger partial charge in [-0.1, -0.05) is 23.2 Å². The van der Waals surface area contributed by atoms with E-state index in [-0.39, 0.29) is 18.0 Å². The van der Waals surface area contributed by atoms with Gasteiger partial charge in [0.25, 0.3) is 0 Å². The summed E-state index contributed by atoms with van der Waals surface area (Å²) in [4.78, 5) is 10.5. The van der Waals surface area contributed by atoms with E-state index < -0.39 is 11.0 Å². The standard InChI is InChI=1S/C15H13Cl2NO5/c1-9(8-19)22-15-7-11(3-4-13(15)18(20)21)23-14-5-2-10(16)6-12(14)17/h2-7,9,19H,8H2,1H3. The van der Waals surface area contributed by atoms with Crippen molar-refractivity contribution in [2.45, 2.75) is 13.0 Å². The van der Waals surface area contributed by atoms with Gasteiger partial charge in [-0.25, -0.2) is 0 Å². The molecule has 122 valence electrons. The summed E-state index contributed by atoms with van der Waals surface area (Å²) in [5, 5.41) is 20.8. The molecule has 0 amide bonds. The number of aliphatic hydroxyl groups excluding tert-OH is 1. The van der Waals surface area contributed by atoms with Gasteiger partial charge in [0.2, 0.25) is 5.75 Å². The van der Waals surface area contributed by atoms with Crippen molar-refractivity contribution < 1.29 is 19.5 Å². The molecule has 8 heteroatoms. The number of ether oxygens (including phenoxy) is 2. The summed E-state index contributed by atoms with van der Waals surface area (Å²) in [6, 6.07) is 8.78. The Morgan fingerprint density at radius 2 is 1.96 bits per heavy atom. The lowest BCUT2D eigenvalue weighted by atomic mass is 10.2. The summed E-state index contributed by atoms with van der Waals surface area (Å²) in [7, 11) is 0. The van der Waals surface area contributed by atoms with E-state index in [0.717, 1.165) is 0 Å². The molecule has 1 atom stereocenters. The summed E-state index contributed by atoms with van der Waals surface area (Å²) in [6.07, 6.45) is -0.594. The van der Waals surface area contributed by atoms with Crippen molar-refractivity contribution in [1.82, 2.24) is 0 Å². The molecular formula is C15H13Cl2NO5. The zero-order valence-corrected chi connectivity index (χ0v) is 13.5. The predicted molar refractivity (Wildman–Crippen MR) is 86.8 cm³/mol. The lowest BCUT2D eigenvalue weighted by Gasteiger charge is -2.14. The van der Waals surface area contributed by atoms with E-state index in [9.17, 15) is 10.1 Å². The fraction of sp³-hybridized carbons (Fsp3) is 0.200. The summed E-state index contributed by atoms with van der Waals surface area (Å²) in [6.45, 7) is 1.32. The number of hydrogen-bond acceptors (Lipinski definition) is 5. The summed E-state index contributed by atoms with van der Waals surface area (Å²) in [5.74, 6) is 0.658. The molecule has 2 aromatic carbocycles. The van der Waals surface area contributed by atoms with Crippen LogP contribution in [-0.2, 0) is 0 Å². The van der Waals surface area contributed by atoms with E-state index in [2.05, 4.69) is 0 Å². The number of rotatable bonds is 6. The molecule has 0 spiro atoms. The normalized spacial score (nSPS) is 11.8. The summed E-state index contributed by atoms with van der Waals surface area (Å²) < 4.78 is 11.0. The Labute approximate surface area is 142 Å². The highest BCUT2D eigenvalue weighted by molar-refractivity contribution is 6.35. The Morgan fingerprint density at radius 3 is 2.57 bits per heavy atom. The third kappa shape index (κ3) is 4.48. The van der Waals surface area contributed by atoms with Gasteiger partial charge < -0.3 is 14.6 Å². The van der Waals surface area contributed by atoms with Gasteiger partial charge in [0.05, 0.1) is 16.6 Å². The summed E-state index contributed by atoms with van der Waals surface area (Å²) in [5.41, 5.74) is -0.222. The summed E-state index contributed by atoms with van der Waals surface area (Å²) >= 11 is 11.8. The van der Waals surface area contributed by atoms with Crippen LogP contribution >= 0.6 is 23.2 Å². The number of nitro benzene ring substituents is 1. The topological polar surface area (TPSA) is 81.8 Å². The van der Waals surface area contributed by atoms with Crippen LogP contribution in [0.3, 0.4) is 0 Å². The molecule has 0 heterocycles. The highest BCUT2D eigenvalue weighted by Crippen LogP contribution is 2.36. The van der Waals surface area contributed by atoms with Crippen LogP contribution in [0.1, 0.15) is 6.92 Å². The van der Waals surface area contributed by atoms with E-state index in [4.69, 9.17) is 37.8 Å². The van der Waals surface area contributed by atoms with Crippen molar-refractivity contribution in [2.75, 3.05) is 6.61 Å². The minimum Gasteiger partial charge on any atom is -0.481 e. The first kappa shape index (κ1) is 17.3. The monoisotopic (exact) mass is 357 g/mol. The molecule has 6 nitrogen and oxygen atoms in total. The molecule has 0 aliphatic carbocycles. The van der Waals surface area contributed by atoms with E-state index >= 15 is 0 Å². The van der Waals surface area contributed by atoms with Gasteiger partial charge in [0, 0.05) is 17.2 Å². The average Bonchev–Trinajstić information content (AvgIpc) is 2.50. The van der Waals surface area contributed by atoms with Crippen molar-refractivity contribution in [3.05, 3.63) is 56.6 Å². The van der Waals surface area contributed by atoms with Crippen LogP contribution in [0.25, 0.3) is 0 Å². The zero-order chi connectivity index (χ0) is 17.0. The molecule has 0 saturated heterocycles. The number of halogens is 2. The first-order valence-corrected chi connectivity index (χ1v) is 7.35. The maximum atomic E-state index is 11.0. The molecule has 23 heavy (non-hydrogen) atoms. The van der Waals surface area contributed by atoms with Crippen molar-refractivity contribution in [1.29, 1.82) is 0 Å². The number of aliphatic hydroxyl groups is 1. The Balaban J connectivity index is 2.32. The molecule has 2 aromatic rings. The second-order valence-electron chi connectivity index (χ2n) is 4.67. The Hall–Kier alpha value is -2.02. The van der Waals surface area contributed by atoms with Gasteiger partial charge in [0.1, 0.15) is 17.6 Å². The third-order valence-electron chi connectivity index (χ3n) is 2.83. The second kappa shape index (κ2) is 7.50. The zero-order valence-electron chi connectivity index (χ0n) is 12.0. The molecule has 0 fully saturated rings. The molecule has 0 aliphatic heterocycles. The number of nitrogens with zero attached hydrogens (tertiary/aromatic N) is 1. The molecule has 2 rings (SSSR count). The lowest BCUT2D eigenvalue weighted by molar-refractivity contribution is -0.386. The highest BCUT2D eigenvalue weighted by atomic mass is 35.5. The van der Waals surface area contributed by atoms with Gasteiger partial charge in [-0.2, -0.15) is 0 Å². The van der Waals surface area contributed by atoms with Crippen molar-refractivity contribution in [3.63, 3.8) is 0 Å². The van der Waals surface area contributed by atoms with Gasteiger partial charge >= 0.3 is 5.69 Å². The average molecular weight is 358 g/mol. The van der Waals surface area contributed by atoms with Gasteiger partial charge in [-0.05, 0) is 31.2 Å². The fourth-order valence-electron chi connectivity index (χ4n) is 1.74. The van der Waals surface area contributed by atoms with E-state index in [0.29, 0.717) is 21.5 Å². The first-order valence-electron chi connectivity index (χ1n) is 6.59. The van der Waals surface area contributed by atoms with E-state index in [1.807, 2.05) is 0 Å². The molecule has 1 N–H and O–H groups in total. The molecule has 0 saturated carbocycles. The Kier molecular flexibility index (Phi) is 5.65. The maximum absolute atomic E-state index is 11.0. The lowest BCUT2D eigenvalue weighted by Crippen LogP contribution is -2.16. The number of hydrogen-bond donors (Lipinski definition) is 1. The fourth-order valence-corrected chi connectivity index (χ4v) is 2.19. The Morgan fingerprint density at radius 1 is 1.22 bits per heavy atom. The van der Waals surface area contributed by atoms with Crippen LogP contribution < -0.4 is 9.47 Å². The van der Waals surface area contributed by atoms with Crippen molar-refractivity contribution in [2.24, 2.45) is 0 Å². The quantitative estimate of drug-likeness (QED) is 0.609. The van der Waals surface area contributed by atoms with Crippen LogP contribution in [0.15, 0.2) is 36.4 Å².